The first kappa shape index (κ1) is 10.6. The fourth-order valence-corrected chi connectivity index (χ4v) is 2.22. The molecule has 0 aliphatic rings. The fraction of sp³-hybridized carbons (Fsp3) is 0.182. The van der Waals surface area contributed by atoms with Gasteiger partial charge in [-0.3, -0.25) is 0 Å². The molecule has 1 unspecified atom stereocenters. The van der Waals surface area contributed by atoms with E-state index in [-0.39, 0.29) is 0 Å². The average Bonchev–Trinajstić information content (AvgIpc) is 2.63. The number of hydrogen-bond donors (Lipinski definition) is 1. The van der Waals surface area contributed by atoms with E-state index in [4.69, 9.17) is 11.6 Å². The molecule has 4 heteroatoms. The van der Waals surface area contributed by atoms with Crippen molar-refractivity contribution in [3.63, 3.8) is 0 Å². The van der Waals surface area contributed by atoms with Gasteiger partial charge in [-0.05, 0) is 24.6 Å². The molecule has 0 aliphatic carbocycles. The number of aromatic nitrogens is 1. The van der Waals surface area contributed by atoms with Crippen molar-refractivity contribution in [3.8, 4) is 0 Å². The lowest BCUT2D eigenvalue weighted by molar-refractivity contribution is 0.215. The van der Waals surface area contributed by atoms with Crippen LogP contribution in [0.25, 0.3) is 0 Å². The van der Waals surface area contributed by atoms with Crippen molar-refractivity contribution in [2.75, 3.05) is 0 Å². The standard InChI is InChI=1S/C11H10ClNOS/c1-7-10(13-6-15-7)11(14)8-3-2-4-9(12)5-8/h2-6,11,14H,1H3. The molecule has 1 heterocycles. The van der Waals surface area contributed by atoms with Gasteiger partial charge < -0.3 is 5.11 Å². The van der Waals surface area contributed by atoms with Gasteiger partial charge in [0.2, 0.25) is 0 Å². The van der Waals surface area contributed by atoms with Crippen molar-refractivity contribution in [1.82, 2.24) is 4.98 Å². The summed E-state index contributed by atoms with van der Waals surface area (Å²) in [5.41, 5.74) is 3.22. The van der Waals surface area contributed by atoms with Gasteiger partial charge in [0, 0.05) is 9.90 Å². The topological polar surface area (TPSA) is 33.1 Å². The molecule has 0 amide bonds. The van der Waals surface area contributed by atoms with Crippen LogP contribution in [-0.4, -0.2) is 10.1 Å². The minimum atomic E-state index is -0.685. The van der Waals surface area contributed by atoms with Gasteiger partial charge in [0.15, 0.2) is 0 Å². The Morgan fingerprint density at radius 3 is 2.87 bits per heavy atom. The van der Waals surface area contributed by atoms with E-state index in [0.29, 0.717) is 10.7 Å². The Hall–Kier alpha value is -0.900. The molecule has 78 valence electrons. The molecule has 1 atom stereocenters. The SMILES string of the molecule is Cc1scnc1C(O)c1cccc(Cl)c1. The first-order valence-electron chi connectivity index (χ1n) is 4.52. The molecule has 2 aromatic rings. The number of thiazole rings is 1. The quantitative estimate of drug-likeness (QED) is 0.873. The summed E-state index contributed by atoms with van der Waals surface area (Å²) >= 11 is 7.39. The average molecular weight is 240 g/mol. The molecular weight excluding hydrogens is 230 g/mol. The summed E-state index contributed by atoms with van der Waals surface area (Å²) in [5.74, 6) is 0. The molecule has 0 spiro atoms. The maximum Gasteiger partial charge on any atom is 0.122 e. The second kappa shape index (κ2) is 4.31. The number of rotatable bonds is 2. The van der Waals surface area contributed by atoms with Crippen LogP contribution >= 0.6 is 22.9 Å². The van der Waals surface area contributed by atoms with E-state index in [0.717, 1.165) is 10.4 Å². The molecule has 0 aliphatic heterocycles. The monoisotopic (exact) mass is 239 g/mol. The third-order valence-electron chi connectivity index (χ3n) is 2.21. The minimum Gasteiger partial charge on any atom is -0.382 e. The number of nitrogens with zero attached hydrogens (tertiary/aromatic N) is 1. The Bertz CT molecular complexity index is 469. The maximum atomic E-state index is 10.1. The van der Waals surface area contributed by atoms with Crippen molar-refractivity contribution in [2.45, 2.75) is 13.0 Å². The lowest BCUT2D eigenvalue weighted by Gasteiger charge is -2.09. The molecule has 0 saturated heterocycles. The molecule has 1 aromatic carbocycles. The molecule has 0 radical (unpaired) electrons. The smallest absolute Gasteiger partial charge is 0.122 e. The van der Waals surface area contributed by atoms with Gasteiger partial charge in [-0.25, -0.2) is 4.98 Å². The predicted molar refractivity (Wildman–Crippen MR) is 62.4 cm³/mol. The summed E-state index contributed by atoms with van der Waals surface area (Å²) in [6.07, 6.45) is -0.685. The van der Waals surface area contributed by atoms with Gasteiger partial charge in [0.05, 0.1) is 11.2 Å². The van der Waals surface area contributed by atoms with Gasteiger partial charge in [0.25, 0.3) is 0 Å². The largest absolute Gasteiger partial charge is 0.382 e. The van der Waals surface area contributed by atoms with E-state index in [1.807, 2.05) is 19.1 Å². The number of hydrogen-bond acceptors (Lipinski definition) is 3. The predicted octanol–water partition coefficient (Wildman–Crippen LogP) is 3.19. The Labute approximate surface area is 97.2 Å². The van der Waals surface area contributed by atoms with E-state index in [1.165, 1.54) is 11.3 Å². The van der Waals surface area contributed by atoms with E-state index >= 15 is 0 Å². The van der Waals surface area contributed by atoms with Gasteiger partial charge in [0.1, 0.15) is 6.10 Å². The number of benzene rings is 1. The molecule has 1 aromatic heterocycles. The Balaban J connectivity index is 2.36. The van der Waals surface area contributed by atoms with Crippen molar-refractivity contribution in [2.24, 2.45) is 0 Å². The molecule has 15 heavy (non-hydrogen) atoms. The molecular formula is C11H10ClNOS. The second-order valence-corrected chi connectivity index (χ2v) is 4.75. The highest BCUT2D eigenvalue weighted by atomic mass is 35.5. The minimum absolute atomic E-state index is 0.624. The molecule has 0 saturated carbocycles. The third kappa shape index (κ3) is 2.20. The Morgan fingerprint density at radius 2 is 2.27 bits per heavy atom. The summed E-state index contributed by atoms with van der Waals surface area (Å²) in [4.78, 5) is 5.18. The highest BCUT2D eigenvalue weighted by Gasteiger charge is 2.15. The maximum absolute atomic E-state index is 10.1. The zero-order valence-electron chi connectivity index (χ0n) is 8.14. The zero-order valence-corrected chi connectivity index (χ0v) is 9.72. The Kier molecular flexibility index (Phi) is 3.05. The Morgan fingerprint density at radius 1 is 1.47 bits per heavy atom. The van der Waals surface area contributed by atoms with Crippen LogP contribution in [0.5, 0.6) is 0 Å². The lowest BCUT2D eigenvalue weighted by atomic mass is 10.1. The van der Waals surface area contributed by atoms with Crippen LogP contribution in [0.1, 0.15) is 22.2 Å². The van der Waals surface area contributed by atoms with Gasteiger partial charge in [-0.2, -0.15) is 0 Å². The first-order chi connectivity index (χ1) is 7.18. The number of halogens is 1. The van der Waals surface area contributed by atoms with Crippen LogP contribution in [0.15, 0.2) is 29.8 Å². The van der Waals surface area contributed by atoms with Crippen molar-refractivity contribution >= 4 is 22.9 Å². The fourth-order valence-electron chi connectivity index (χ4n) is 1.41. The van der Waals surface area contributed by atoms with E-state index in [9.17, 15) is 5.11 Å². The van der Waals surface area contributed by atoms with E-state index in [2.05, 4.69) is 4.98 Å². The van der Waals surface area contributed by atoms with Crippen LogP contribution in [0, 0.1) is 6.92 Å². The molecule has 0 fully saturated rings. The summed E-state index contributed by atoms with van der Waals surface area (Å²) in [6.45, 7) is 1.95. The van der Waals surface area contributed by atoms with Gasteiger partial charge >= 0.3 is 0 Å². The number of aryl methyl sites for hydroxylation is 1. The van der Waals surface area contributed by atoms with Gasteiger partial charge in [-0.15, -0.1) is 11.3 Å². The highest BCUT2D eigenvalue weighted by molar-refractivity contribution is 7.09. The third-order valence-corrected chi connectivity index (χ3v) is 3.21. The lowest BCUT2D eigenvalue weighted by Crippen LogP contribution is -2.01. The second-order valence-electron chi connectivity index (χ2n) is 3.25. The highest BCUT2D eigenvalue weighted by Crippen LogP contribution is 2.26. The van der Waals surface area contributed by atoms with Crippen LogP contribution in [0.4, 0.5) is 0 Å². The number of aliphatic hydroxyl groups is 1. The van der Waals surface area contributed by atoms with Crippen LogP contribution < -0.4 is 0 Å². The molecule has 2 rings (SSSR count). The van der Waals surface area contributed by atoms with E-state index < -0.39 is 6.10 Å². The van der Waals surface area contributed by atoms with Crippen molar-refractivity contribution < 1.29 is 5.11 Å². The first-order valence-corrected chi connectivity index (χ1v) is 5.78. The van der Waals surface area contributed by atoms with Crippen LogP contribution in [0.3, 0.4) is 0 Å². The summed E-state index contributed by atoms with van der Waals surface area (Å²) in [5, 5.41) is 10.7. The number of aliphatic hydroxyl groups excluding tert-OH is 1. The molecule has 2 nitrogen and oxygen atoms in total. The summed E-state index contributed by atoms with van der Waals surface area (Å²) in [6, 6.07) is 7.20. The van der Waals surface area contributed by atoms with E-state index in [1.54, 1.807) is 17.6 Å². The molecule has 0 bridgehead atoms. The zero-order chi connectivity index (χ0) is 10.8. The summed E-state index contributed by atoms with van der Waals surface area (Å²) < 4.78 is 0. The van der Waals surface area contributed by atoms with Crippen molar-refractivity contribution in [1.29, 1.82) is 0 Å². The van der Waals surface area contributed by atoms with Gasteiger partial charge in [-0.1, -0.05) is 23.7 Å². The van der Waals surface area contributed by atoms with Crippen LogP contribution in [-0.2, 0) is 0 Å². The summed E-state index contributed by atoms with van der Waals surface area (Å²) in [7, 11) is 0. The molecule has 1 N–H and O–H groups in total. The van der Waals surface area contributed by atoms with Crippen LogP contribution in [0.2, 0.25) is 5.02 Å². The normalized spacial score (nSPS) is 12.7. The van der Waals surface area contributed by atoms with Crippen molar-refractivity contribution in [3.05, 3.63) is 50.9 Å².